The topological polar surface area (TPSA) is 76.0 Å². The van der Waals surface area contributed by atoms with Crippen LogP contribution in [-0.4, -0.2) is 41.1 Å². The number of hydrogen-bond donors (Lipinski definition) is 2. The van der Waals surface area contributed by atoms with E-state index >= 15 is 0 Å². The summed E-state index contributed by atoms with van der Waals surface area (Å²) in [5.41, 5.74) is 0. The summed E-state index contributed by atoms with van der Waals surface area (Å²) in [6.45, 7) is 0.232. The Morgan fingerprint density at radius 2 is 2.09 bits per heavy atom. The average Bonchev–Trinajstić information content (AvgIpc) is 2.99. The van der Waals surface area contributed by atoms with Gasteiger partial charge in [0.1, 0.15) is 18.5 Å². The standard InChI is InChI=1S/C17H22O5/c18-11(10-21-12-4-2-1-3-5-12)6-7-13-14-8-17(20)22-16(14)9-15(13)19/h1-5,11,13-16,18-19H,6-10H2/t11-,13-,14-,15-,16+/m1/s1. The Morgan fingerprint density at radius 3 is 2.86 bits per heavy atom. The number of para-hydroxylation sites is 1. The Bertz CT molecular complexity index is 503. The third-order valence-corrected chi connectivity index (χ3v) is 4.70. The molecule has 5 nitrogen and oxygen atoms in total. The summed E-state index contributed by atoms with van der Waals surface area (Å²) in [5, 5.41) is 20.1. The molecule has 1 aliphatic carbocycles. The zero-order valence-electron chi connectivity index (χ0n) is 12.4. The van der Waals surface area contributed by atoms with E-state index in [2.05, 4.69) is 0 Å². The average molecular weight is 306 g/mol. The molecule has 5 atom stereocenters. The smallest absolute Gasteiger partial charge is 0.306 e. The van der Waals surface area contributed by atoms with Crippen molar-refractivity contribution in [2.75, 3.05) is 6.61 Å². The molecule has 5 heteroatoms. The van der Waals surface area contributed by atoms with Gasteiger partial charge in [-0.1, -0.05) is 18.2 Å². The second kappa shape index (κ2) is 6.67. The van der Waals surface area contributed by atoms with Crippen molar-refractivity contribution >= 4 is 5.97 Å². The molecular formula is C17H22O5. The van der Waals surface area contributed by atoms with E-state index in [1.54, 1.807) is 0 Å². The van der Waals surface area contributed by atoms with Crippen molar-refractivity contribution in [1.29, 1.82) is 0 Å². The van der Waals surface area contributed by atoms with E-state index in [1.807, 2.05) is 30.3 Å². The normalized spacial score (nSPS) is 31.6. The fourth-order valence-corrected chi connectivity index (χ4v) is 3.56. The lowest BCUT2D eigenvalue weighted by Crippen LogP contribution is -2.24. The minimum absolute atomic E-state index is 0.0304. The lowest BCUT2D eigenvalue weighted by atomic mass is 9.87. The molecule has 0 amide bonds. The molecule has 0 unspecified atom stereocenters. The van der Waals surface area contributed by atoms with Gasteiger partial charge < -0.3 is 19.7 Å². The molecule has 2 fully saturated rings. The highest BCUT2D eigenvalue weighted by atomic mass is 16.6. The van der Waals surface area contributed by atoms with Gasteiger partial charge in [0.15, 0.2) is 0 Å². The predicted octanol–water partition coefficient (Wildman–Crippen LogP) is 1.52. The molecule has 1 saturated heterocycles. The van der Waals surface area contributed by atoms with Crippen molar-refractivity contribution in [3.05, 3.63) is 30.3 Å². The molecule has 1 aliphatic heterocycles. The highest BCUT2D eigenvalue weighted by Crippen LogP contribution is 2.43. The summed E-state index contributed by atoms with van der Waals surface area (Å²) in [6.07, 6.45) is 0.991. The highest BCUT2D eigenvalue weighted by Gasteiger charge is 2.49. The van der Waals surface area contributed by atoms with Gasteiger partial charge in [-0.05, 0) is 30.9 Å². The fraction of sp³-hybridized carbons (Fsp3) is 0.588. The summed E-state index contributed by atoms with van der Waals surface area (Å²) in [4.78, 5) is 11.3. The van der Waals surface area contributed by atoms with Crippen molar-refractivity contribution in [3.8, 4) is 5.75 Å². The molecule has 0 spiro atoms. The van der Waals surface area contributed by atoms with Crippen LogP contribution in [0.1, 0.15) is 25.7 Å². The maximum Gasteiger partial charge on any atom is 0.306 e. The Kier molecular flexibility index (Phi) is 4.64. The molecule has 22 heavy (non-hydrogen) atoms. The summed E-state index contributed by atoms with van der Waals surface area (Å²) < 4.78 is 10.7. The number of rotatable bonds is 6. The van der Waals surface area contributed by atoms with Crippen LogP contribution >= 0.6 is 0 Å². The van der Waals surface area contributed by atoms with E-state index in [9.17, 15) is 15.0 Å². The van der Waals surface area contributed by atoms with Crippen LogP contribution < -0.4 is 4.74 Å². The third kappa shape index (κ3) is 3.42. The number of fused-ring (bicyclic) bond motifs is 1. The molecule has 3 rings (SSSR count). The number of aliphatic hydroxyl groups is 2. The first-order valence-electron chi connectivity index (χ1n) is 7.87. The number of carbonyl (C=O) groups is 1. The molecule has 1 aromatic rings. The second-order valence-corrected chi connectivity index (χ2v) is 6.22. The molecule has 1 heterocycles. The molecule has 120 valence electrons. The fourth-order valence-electron chi connectivity index (χ4n) is 3.56. The van der Waals surface area contributed by atoms with Crippen LogP contribution in [0.3, 0.4) is 0 Å². The number of carbonyl (C=O) groups excluding carboxylic acids is 1. The van der Waals surface area contributed by atoms with E-state index < -0.39 is 12.2 Å². The number of ether oxygens (including phenoxy) is 2. The van der Waals surface area contributed by atoms with Crippen molar-refractivity contribution in [2.24, 2.45) is 11.8 Å². The van der Waals surface area contributed by atoms with Gasteiger partial charge in [0.2, 0.25) is 0 Å². The lowest BCUT2D eigenvalue weighted by molar-refractivity contribution is -0.141. The Morgan fingerprint density at radius 1 is 1.32 bits per heavy atom. The Labute approximate surface area is 129 Å². The van der Waals surface area contributed by atoms with Crippen molar-refractivity contribution in [2.45, 2.75) is 44.0 Å². The van der Waals surface area contributed by atoms with Gasteiger partial charge in [0, 0.05) is 12.3 Å². The summed E-state index contributed by atoms with van der Waals surface area (Å²) >= 11 is 0. The number of benzene rings is 1. The van der Waals surface area contributed by atoms with Gasteiger partial charge >= 0.3 is 5.97 Å². The van der Waals surface area contributed by atoms with E-state index in [0.717, 1.165) is 5.75 Å². The van der Waals surface area contributed by atoms with Gasteiger partial charge in [-0.2, -0.15) is 0 Å². The van der Waals surface area contributed by atoms with E-state index in [-0.39, 0.29) is 30.5 Å². The predicted molar refractivity (Wildman–Crippen MR) is 79.3 cm³/mol. The molecule has 1 saturated carbocycles. The summed E-state index contributed by atoms with van der Waals surface area (Å²) in [6, 6.07) is 9.37. The van der Waals surface area contributed by atoms with Crippen LogP contribution in [-0.2, 0) is 9.53 Å². The minimum atomic E-state index is -0.579. The zero-order valence-corrected chi connectivity index (χ0v) is 12.4. The summed E-state index contributed by atoms with van der Waals surface area (Å²) in [7, 11) is 0. The van der Waals surface area contributed by atoms with Crippen LogP contribution in [0.25, 0.3) is 0 Å². The molecular weight excluding hydrogens is 284 g/mol. The molecule has 0 bridgehead atoms. The van der Waals surface area contributed by atoms with Gasteiger partial charge in [-0.3, -0.25) is 4.79 Å². The van der Waals surface area contributed by atoms with E-state index in [0.29, 0.717) is 25.7 Å². The van der Waals surface area contributed by atoms with E-state index in [4.69, 9.17) is 9.47 Å². The Hall–Kier alpha value is -1.59. The minimum Gasteiger partial charge on any atom is -0.491 e. The van der Waals surface area contributed by atoms with Gasteiger partial charge in [-0.25, -0.2) is 0 Å². The monoisotopic (exact) mass is 306 g/mol. The van der Waals surface area contributed by atoms with Crippen molar-refractivity contribution in [3.63, 3.8) is 0 Å². The first kappa shape index (κ1) is 15.3. The second-order valence-electron chi connectivity index (χ2n) is 6.22. The molecule has 0 radical (unpaired) electrons. The molecule has 2 aliphatic rings. The quantitative estimate of drug-likeness (QED) is 0.779. The first-order chi connectivity index (χ1) is 10.6. The van der Waals surface area contributed by atoms with Gasteiger partial charge in [0.05, 0.1) is 18.6 Å². The Balaban J connectivity index is 1.44. The highest BCUT2D eigenvalue weighted by molar-refractivity contribution is 5.72. The maximum absolute atomic E-state index is 11.3. The largest absolute Gasteiger partial charge is 0.491 e. The van der Waals surface area contributed by atoms with Crippen LogP contribution in [0.15, 0.2) is 30.3 Å². The van der Waals surface area contributed by atoms with Gasteiger partial charge in [0.25, 0.3) is 0 Å². The van der Waals surface area contributed by atoms with Gasteiger partial charge in [-0.15, -0.1) is 0 Å². The molecule has 1 aromatic carbocycles. The van der Waals surface area contributed by atoms with E-state index in [1.165, 1.54) is 0 Å². The lowest BCUT2D eigenvalue weighted by Gasteiger charge is -2.21. The SMILES string of the molecule is O=C1C[C@@H]2[C@@H](CC[C@@H](O)COc3ccccc3)[C@H](O)C[C@@H]2O1. The van der Waals surface area contributed by atoms with Crippen LogP contribution in [0, 0.1) is 11.8 Å². The third-order valence-electron chi connectivity index (χ3n) is 4.70. The van der Waals surface area contributed by atoms with Crippen LogP contribution in [0.4, 0.5) is 0 Å². The number of aliphatic hydroxyl groups excluding tert-OH is 2. The molecule has 2 N–H and O–H groups in total. The van der Waals surface area contributed by atoms with Crippen LogP contribution in [0.2, 0.25) is 0 Å². The molecule has 0 aromatic heterocycles. The van der Waals surface area contributed by atoms with Crippen LogP contribution in [0.5, 0.6) is 5.75 Å². The van der Waals surface area contributed by atoms with Crippen molar-refractivity contribution < 1.29 is 24.5 Å². The maximum atomic E-state index is 11.3. The number of hydrogen-bond acceptors (Lipinski definition) is 5. The van der Waals surface area contributed by atoms with Crippen molar-refractivity contribution in [1.82, 2.24) is 0 Å². The first-order valence-corrected chi connectivity index (χ1v) is 7.87. The number of esters is 1. The zero-order chi connectivity index (χ0) is 15.5. The summed E-state index contributed by atoms with van der Waals surface area (Å²) in [5.74, 6) is 0.699.